The minimum atomic E-state index is -1.61. The van der Waals surface area contributed by atoms with E-state index in [9.17, 15) is 23.2 Å². The first-order chi connectivity index (χ1) is 12.7. The van der Waals surface area contributed by atoms with Crippen LogP contribution in [0, 0.1) is 11.6 Å². The van der Waals surface area contributed by atoms with E-state index in [1.54, 1.807) is 18.2 Å². The summed E-state index contributed by atoms with van der Waals surface area (Å²) in [4.78, 5) is 37.8. The molecule has 0 aliphatic carbocycles. The maximum atomic E-state index is 13.5. The molecule has 1 saturated heterocycles. The van der Waals surface area contributed by atoms with Gasteiger partial charge in [-0.2, -0.15) is 0 Å². The number of carbonyl (C=O) groups excluding carboxylic acids is 3. The van der Waals surface area contributed by atoms with Crippen molar-refractivity contribution < 1.29 is 23.2 Å². The third-order valence-electron chi connectivity index (χ3n) is 4.18. The maximum Gasteiger partial charge on any atom is 0.325 e. The third-order valence-corrected chi connectivity index (χ3v) is 4.42. The zero-order chi connectivity index (χ0) is 19.8. The van der Waals surface area contributed by atoms with Gasteiger partial charge < -0.3 is 10.6 Å². The standard InChI is InChI=1S/C18H14ClF2N3O3/c1-18(10-5-6-13(20)14(21)7-10)16(26)24(17(27)23-18)9-15(25)22-12-4-2-3-11(19)8-12/h2-8H,9H2,1H3,(H,22,25)(H,23,27). The monoisotopic (exact) mass is 393 g/mol. The number of hydrogen-bond acceptors (Lipinski definition) is 3. The fourth-order valence-electron chi connectivity index (χ4n) is 2.75. The number of benzene rings is 2. The summed E-state index contributed by atoms with van der Waals surface area (Å²) in [6, 6.07) is 8.46. The Bertz CT molecular complexity index is 953. The number of nitrogens with zero attached hydrogens (tertiary/aromatic N) is 1. The number of rotatable bonds is 4. The van der Waals surface area contributed by atoms with Crippen LogP contribution in [0.15, 0.2) is 42.5 Å². The van der Waals surface area contributed by atoms with Crippen molar-refractivity contribution in [2.45, 2.75) is 12.5 Å². The second-order valence-corrected chi connectivity index (χ2v) is 6.57. The lowest BCUT2D eigenvalue weighted by atomic mass is 9.92. The predicted molar refractivity (Wildman–Crippen MR) is 94.0 cm³/mol. The van der Waals surface area contributed by atoms with Crippen molar-refractivity contribution in [3.05, 3.63) is 64.7 Å². The first-order valence-corrected chi connectivity index (χ1v) is 8.23. The van der Waals surface area contributed by atoms with Gasteiger partial charge in [0.05, 0.1) is 0 Å². The van der Waals surface area contributed by atoms with Crippen LogP contribution in [0.1, 0.15) is 12.5 Å². The van der Waals surface area contributed by atoms with Crippen molar-refractivity contribution in [1.29, 1.82) is 0 Å². The predicted octanol–water partition coefficient (Wildman–Crippen LogP) is 3.02. The van der Waals surface area contributed by atoms with Gasteiger partial charge in [-0.25, -0.2) is 13.6 Å². The van der Waals surface area contributed by atoms with Crippen molar-refractivity contribution in [3.8, 4) is 0 Å². The number of hydrogen-bond donors (Lipinski definition) is 2. The lowest BCUT2D eigenvalue weighted by Crippen LogP contribution is -2.42. The quantitative estimate of drug-likeness (QED) is 0.784. The van der Waals surface area contributed by atoms with Crippen LogP contribution in [0.2, 0.25) is 5.02 Å². The summed E-state index contributed by atoms with van der Waals surface area (Å²) in [5.74, 6) is -3.58. The highest BCUT2D eigenvalue weighted by Gasteiger charge is 2.49. The van der Waals surface area contributed by atoms with Gasteiger partial charge in [-0.05, 0) is 42.8 Å². The number of imide groups is 1. The highest BCUT2D eigenvalue weighted by molar-refractivity contribution is 6.30. The smallest absolute Gasteiger partial charge is 0.324 e. The second-order valence-electron chi connectivity index (χ2n) is 6.13. The molecule has 27 heavy (non-hydrogen) atoms. The van der Waals surface area contributed by atoms with E-state index in [2.05, 4.69) is 10.6 Å². The largest absolute Gasteiger partial charge is 0.325 e. The van der Waals surface area contributed by atoms with Crippen LogP contribution in [0.4, 0.5) is 19.3 Å². The Hall–Kier alpha value is -3.00. The van der Waals surface area contributed by atoms with E-state index < -0.39 is 41.6 Å². The summed E-state index contributed by atoms with van der Waals surface area (Å²) in [5.41, 5.74) is -1.14. The van der Waals surface area contributed by atoms with E-state index in [4.69, 9.17) is 11.6 Å². The third kappa shape index (κ3) is 3.61. The van der Waals surface area contributed by atoms with Crippen LogP contribution in [0.25, 0.3) is 0 Å². The van der Waals surface area contributed by atoms with Crippen molar-refractivity contribution in [2.75, 3.05) is 11.9 Å². The van der Waals surface area contributed by atoms with Crippen LogP contribution in [0.5, 0.6) is 0 Å². The number of urea groups is 1. The zero-order valence-electron chi connectivity index (χ0n) is 14.1. The average molecular weight is 394 g/mol. The van der Waals surface area contributed by atoms with E-state index in [0.29, 0.717) is 15.6 Å². The topological polar surface area (TPSA) is 78.5 Å². The summed E-state index contributed by atoms with van der Waals surface area (Å²) in [6.07, 6.45) is 0. The number of carbonyl (C=O) groups is 3. The minimum Gasteiger partial charge on any atom is -0.324 e. The molecule has 1 aliphatic rings. The van der Waals surface area contributed by atoms with Gasteiger partial charge in [-0.3, -0.25) is 14.5 Å². The molecule has 0 radical (unpaired) electrons. The normalized spacial score (nSPS) is 19.2. The van der Waals surface area contributed by atoms with E-state index in [1.165, 1.54) is 19.1 Å². The zero-order valence-corrected chi connectivity index (χ0v) is 14.8. The van der Waals surface area contributed by atoms with Crippen molar-refractivity contribution >= 4 is 35.1 Å². The molecule has 1 aliphatic heterocycles. The van der Waals surface area contributed by atoms with Gasteiger partial charge in [0.15, 0.2) is 11.6 Å². The fourth-order valence-corrected chi connectivity index (χ4v) is 2.94. The Balaban J connectivity index is 1.77. The molecule has 1 heterocycles. The molecule has 6 nitrogen and oxygen atoms in total. The molecule has 0 aromatic heterocycles. The molecule has 0 spiro atoms. The average Bonchev–Trinajstić information content (AvgIpc) is 2.81. The summed E-state index contributed by atoms with van der Waals surface area (Å²) in [6.45, 7) is 0.811. The highest BCUT2D eigenvalue weighted by atomic mass is 35.5. The molecule has 140 valence electrons. The van der Waals surface area contributed by atoms with Gasteiger partial charge in [0.2, 0.25) is 5.91 Å². The Morgan fingerprint density at radius 3 is 2.59 bits per heavy atom. The fraction of sp³-hybridized carbons (Fsp3) is 0.167. The van der Waals surface area contributed by atoms with Gasteiger partial charge in [-0.15, -0.1) is 0 Å². The SMILES string of the molecule is CC1(c2ccc(F)c(F)c2)NC(=O)N(CC(=O)Nc2cccc(Cl)c2)C1=O. The molecule has 2 aromatic rings. The molecular weight excluding hydrogens is 380 g/mol. The molecule has 1 unspecified atom stereocenters. The van der Waals surface area contributed by atoms with E-state index >= 15 is 0 Å². The molecule has 4 amide bonds. The van der Waals surface area contributed by atoms with Crippen LogP contribution in [-0.4, -0.2) is 29.3 Å². The van der Waals surface area contributed by atoms with E-state index in [0.717, 1.165) is 12.1 Å². The van der Waals surface area contributed by atoms with Crippen molar-refractivity contribution in [1.82, 2.24) is 10.2 Å². The van der Waals surface area contributed by atoms with E-state index in [1.807, 2.05) is 0 Å². The summed E-state index contributed by atoms with van der Waals surface area (Å²) in [7, 11) is 0. The lowest BCUT2D eigenvalue weighted by molar-refractivity contribution is -0.133. The summed E-state index contributed by atoms with van der Waals surface area (Å²) >= 11 is 5.84. The Kier molecular flexibility index (Phi) is 4.84. The van der Waals surface area contributed by atoms with Crippen LogP contribution >= 0.6 is 11.6 Å². The molecule has 0 saturated carbocycles. The number of amides is 4. The molecule has 9 heteroatoms. The Morgan fingerprint density at radius 1 is 1.19 bits per heavy atom. The van der Waals surface area contributed by atoms with Crippen LogP contribution in [-0.2, 0) is 15.1 Å². The van der Waals surface area contributed by atoms with Gasteiger partial charge in [0.1, 0.15) is 12.1 Å². The highest BCUT2D eigenvalue weighted by Crippen LogP contribution is 2.29. The summed E-state index contributed by atoms with van der Waals surface area (Å²) in [5, 5.41) is 5.36. The Morgan fingerprint density at radius 2 is 1.93 bits per heavy atom. The van der Waals surface area contributed by atoms with Gasteiger partial charge in [-0.1, -0.05) is 23.7 Å². The van der Waals surface area contributed by atoms with Gasteiger partial charge >= 0.3 is 6.03 Å². The second kappa shape index (κ2) is 6.96. The van der Waals surface area contributed by atoms with E-state index in [-0.39, 0.29) is 5.56 Å². The maximum absolute atomic E-state index is 13.5. The van der Waals surface area contributed by atoms with Crippen LogP contribution in [0.3, 0.4) is 0 Å². The number of anilines is 1. The summed E-state index contributed by atoms with van der Waals surface area (Å²) < 4.78 is 26.7. The molecule has 2 N–H and O–H groups in total. The first-order valence-electron chi connectivity index (χ1n) is 7.86. The number of nitrogens with one attached hydrogen (secondary N) is 2. The van der Waals surface area contributed by atoms with Crippen LogP contribution < -0.4 is 10.6 Å². The molecule has 0 bridgehead atoms. The van der Waals surface area contributed by atoms with Gasteiger partial charge in [0.25, 0.3) is 5.91 Å². The minimum absolute atomic E-state index is 0.0671. The molecule has 3 rings (SSSR count). The molecule has 2 aromatic carbocycles. The van der Waals surface area contributed by atoms with Crippen molar-refractivity contribution in [2.24, 2.45) is 0 Å². The Labute approximate surface area is 158 Å². The number of halogens is 3. The molecule has 1 atom stereocenters. The van der Waals surface area contributed by atoms with Gasteiger partial charge in [0, 0.05) is 10.7 Å². The molecular formula is C18H14ClF2N3O3. The van der Waals surface area contributed by atoms with Crippen molar-refractivity contribution in [3.63, 3.8) is 0 Å². The first kappa shape index (κ1) is 18.8. The molecule has 1 fully saturated rings. The lowest BCUT2D eigenvalue weighted by Gasteiger charge is -2.22.